The molecule has 1 fully saturated rings. The zero-order chi connectivity index (χ0) is 17.6. The Balaban J connectivity index is 1.87. The lowest BCUT2D eigenvalue weighted by Crippen LogP contribution is -2.40. The van der Waals surface area contributed by atoms with Gasteiger partial charge in [0.2, 0.25) is 0 Å². The third-order valence-corrected chi connectivity index (χ3v) is 5.07. The average molecular weight is 337 g/mol. The van der Waals surface area contributed by atoms with Crippen molar-refractivity contribution in [3.05, 3.63) is 47.0 Å². The van der Waals surface area contributed by atoms with E-state index in [-0.39, 0.29) is 6.04 Å². The number of fused-ring (bicyclic) bond motifs is 1. The molecular formula is C19H23N5O. The fourth-order valence-corrected chi connectivity index (χ4v) is 3.75. The summed E-state index contributed by atoms with van der Waals surface area (Å²) < 4.78 is 7.77. The van der Waals surface area contributed by atoms with E-state index in [0.717, 1.165) is 29.0 Å². The molecule has 0 aliphatic carbocycles. The number of benzene rings is 1. The van der Waals surface area contributed by atoms with Gasteiger partial charge in [-0.15, -0.1) is 0 Å². The van der Waals surface area contributed by atoms with E-state index < -0.39 is 0 Å². The lowest BCUT2D eigenvalue weighted by atomic mass is 10.0. The van der Waals surface area contributed by atoms with Crippen molar-refractivity contribution in [2.75, 3.05) is 24.7 Å². The molecule has 3 heterocycles. The van der Waals surface area contributed by atoms with Gasteiger partial charge in [0.15, 0.2) is 0 Å². The Hall–Kier alpha value is -2.47. The van der Waals surface area contributed by atoms with Crippen molar-refractivity contribution >= 4 is 16.7 Å². The number of aryl methyl sites for hydroxylation is 3. The Morgan fingerprint density at radius 1 is 1.16 bits per heavy atom. The molecule has 1 atom stereocenters. The highest BCUT2D eigenvalue weighted by molar-refractivity contribution is 5.90. The van der Waals surface area contributed by atoms with Gasteiger partial charge in [0, 0.05) is 30.2 Å². The normalized spacial score (nSPS) is 18.1. The fourth-order valence-electron chi connectivity index (χ4n) is 3.75. The van der Waals surface area contributed by atoms with Crippen molar-refractivity contribution in [3.8, 4) is 0 Å². The van der Waals surface area contributed by atoms with Crippen LogP contribution in [-0.2, 0) is 11.8 Å². The first-order chi connectivity index (χ1) is 12.1. The van der Waals surface area contributed by atoms with Gasteiger partial charge in [-0.25, -0.2) is 9.97 Å². The van der Waals surface area contributed by atoms with Crippen LogP contribution in [0.5, 0.6) is 0 Å². The van der Waals surface area contributed by atoms with Crippen molar-refractivity contribution in [3.63, 3.8) is 0 Å². The molecule has 4 rings (SSSR count). The first kappa shape index (κ1) is 16.0. The van der Waals surface area contributed by atoms with E-state index in [1.807, 2.05) is 11.7 Å². The lowest BCUT2D eigenvalue weighted by Gasteiger charge is -2.37. The molecule has 0 unspecified atom stereocenters. The second-order valence-corrected chi connectivity index (χ2v) is 6.71. The second kappa shape index (κ2) is 6.11. The summed E-state index contributed by atoms with van der Waals surface area (Å²) in [4.78, 5) is 11.4. The van der Waals surface area contributed by atoms with Gasteiger partial charge in [-0.3, -0.25) is 4.68 Å². The number of ether oxygens (including phenoxy) is 1. The molecule has 6 nitrogen and oxygen atoms in total. The van der Waals surface area contributed by atoms with Gasteiger partial charge < -0.3 is 9.64 Å². The van der Waals surface area contributed by atoms with Gasteiger partial charge in [0.1, 0.15) is 12.1 Å². The van der Waals surface area contributed by atoms with Crippen molar-refractivity contribution < 1.29 is 4.74 Å². The predicted molar refractivity (Wildman–Crippen MR) is 97.9 cm³/mol. The zero-order valence-corrected chi connectivity index (χ0v) is 15.2. The van der Waals surface area contributed by atoms with E-state index in [2.05, 4.69) is 58.9 Å². The summed E-state index contributed by atoms with van der Waals surface area (Å²) in [5.74, 6) is 0.977. The summed E-state index contributed by atoms with van der Waals surface area (Å²) in [7, 11) is 1.99. The number of aromatic nitrogens is 4. The summed E-state index contributed by atoms with van der Waals surface area (Å²) >= 11 is 0. The van der Waals surface area contributed by atoms with E-state index in [1.54, 1.807) is 6.33 Å². The molecule has 0 spiro atoms. The first-order valence-corrected chi connectivity index (χ1v) is 8.62. The number of nitrogens with zero attached hydrogens (tertiary/aromatic N) is 5. The summed E-state index contributed by atoms with van der Waals surface area (Å²) in [6, 6.07) is 6.43. The molecule has 0 N–H and O–H groups in total. The number of morpholine rings is 1. The third-order valence-electron chi connectivity index (χ3n) is 5.07. The van der Waals surface area contributed by atoms with Crippen LogP contribution in [0.2, 0.25) is 0 Å². The number of rotatable bonds is 2. The predicted octanol–water partition coefficient (Wildman–Crippen LogP) is 2.87. The maximum atomic E-state index is 5.82. The van der Waals surface area contributed by atoms with E-state index >= 15 is 0 Å². The molecule has 3 aromatic rings. The van der Waals surface area contributed by atoms with Crippen LogP contribution in [0, 0.1) is 20.8 Å². The van der Waals surface area contributed by atoms with Crippen LogP contribution in [0.4, 0.5) is 5.82 Å². The highest BCUT2D eigenvalue weighted by atomic mass is 16.5. The molecule has 1 aliphatic rings. The van der Waals surface area contributed by atoms with E-state index in [0.29, 0.717) is 13.2 Å². The Morgan fingerprint density at radius 3 is 2.76 bits per heavy atom. The van der Waals surface area contributed by atoms with Crippen LogP contribution >= 0.6 is 0 Å². The smallest absolute Gasteiger partial charge is 0.140 e. The summed E-state index contributed by atoms with van der Waals surface area (Å²) in [6.07, 6.45) is 1.66. The maximum Gasteiger partial charge on any atom is 0.140 e. The van der Waals surface area contributed by atoms with E-state index in [1.165, 1.54) is 16.8 Å². The molecular weight excluding hydrogens is 314 g/mol. The number of hydrogen-bond acceptors (Lipinski definition) is 5. The minimum absolute atomic E-state index is 0.112. The Labute approximate surface area is 147 Å². The Bertz CT molecular complexity index is 933. The van der Waals surface area contributed by atoms with Crippen LogP contribution in [-0.4, -0.2) is 39.5 Å². The number of anilines is 1. The molecule has 1 aliphatic heterocycles. The summed E-state index contributed by atoms with van der Waals surface area (Å²) in [5.41, 5.74) is 5.65. The van der Waals surface area contributed by atoms with Crippen molar-refractivity contribution in [2.45, 2.75) is 26.8 Å². The van der Waals surface area contributed by atoms with Crippen LogP contribution in [0.25, 0.3) is 10.9 Å². The van der Waals surface area contributed by atoms with Gasteiger partial charge in [-0.2, -0.15) is 5.10 Å². The zero-order valence-electron chi connectivity index (χ0n) is 15.2. The molecule has 130 valence electrons. The molecule has 25 heavy (non-hydrogen) atoms. The van der Waals surface area contributed by atoms with Crippen LogP contribution in [0.15, 0.2) is 24.5 Å². The van der Waals surface area contributed by atoms with Gasteiger partial charge in [-0.05, 0) is 32.9 Å². The molecule has 0 amide bonds. The largest absolute Gasteiger partial charge is 0.377 e. The average Bonchev–Trinajstić information content (AvgIpc) is 2.86. The minimum atomic E-state index is 0.112. The van der Waals surface area contributed by atoms with Crippen molar-refractivity contribution in [2.24, 2.45) is 7.05 Å². The van der Waals surface area contributed by atoms with Crippen LogP contribution < -0.4 is 4.90 Å². The summed E-state index contributed by atoms with van der Waals surface area (Å²) in [6.45, 7) is 8.43. The molecule has 0 saturated carbocycles. The molecule has 1 aromatic carbocycles. The van der Waals surface area contributed by atoms with Crippen molar-refractivity contribution in [1.82, 2.24) is 19.7 Å². The molecule has 2 aromatic heterocycles. The quantitative estimate of drug-likeness (QED) is 0.720. The molecule has 1 saturated heterocycles. The van der Waals surface area contributed by atoms with Crippen LogP contribution in [0.3, 0.4) is 0 Å². The standard InChI is InChI=1S/C19H23N5O/c1-12-5-6-16-15(9-12)19(21-11-20-16)24-7-8-25-10-17(24)18-13(2)22-23(4)14(18)3/h5-6,9,11,17H,7-8,10H2,1-4H3/t17-/m0/s1. The van der Waals surface area contributed by atoms with Gasteiger partial charge in [0.05, 0.1) is 30.5 Å². The molecule has 0 bridgehead atoms. The SMILES string of the molecule is Cc1ccc2ncnc(N3CCOC[C@H]3c3c(C)nn(C)c3C)c2c1. The fraction of sp³-hybridized carbons (Fsp3) is 0.421. The third kappa shape index (κ3) is 2.66. The number of hydrogen-bond donors (Lipinski definition) is 0. The highest BCUT2D eigenvalue weighted by Gasteiger charge is 2.31. The topological polar surface area (TPSA) is 56.1 Å². The van der Waals surface area contributed by atoms with E-state index in [4.69, 9.17) is 4.74 Å². The highest BCUT2D eigenvalue weighted by Crippen LogP contribution is 2.35. The minimum Gasteiger partial charge on any atom is -0.377 e. The lowest BCUT2D eigenvalue weighted by molar-refractivity contribution is 0.0935. The molecule has 6 heteroatoms. The van der Waals surface area contributed by atoms with Gasteiger partial charge >= 0.3 is 0 Å². The second-order valence-electron chi connectivity index (χ2n) is 6.71. The maximum absolute atomic E-state index is 5.82. The van der Waals surface area contributed by atoms with Crippen LogP contribution in [0.1, 0.15) is 28.6 Å². The molecule has 0 radical (unpaired) electrons. The van der Waals surface area contributed by atoms with Crippen molar-refractivity contribution in [1.29, 1.82) is 0 Å². The van der Waals surface area contributed by atoms with E-state index in [9.17, 15) is 0 Å². The summed E-state index contributed by atoms with van der Waals surface area (Å²) in [5, 5.41) is 5.68. The first-order valence-electron chi connectivity index (χ1n) is 8.62. The van der Waals surface area contributed by atoms with Gasteiger partial charge in [0.25, 0.3) is 0 Å². The van der Waals surface area contributed by atoms with Gasteiger partial charge in [-0.1, -0.05) is 11.6 Å². The Kier molecular flexibility index (Phi) is 3.92. The Morgan fingerprint density at radius 2 is 2.00 bits per heavy atom. The monoisotopic (exact) mass is 337 g/mol.